The van der Waals surface area contributed by atoms with Crippen LogP contribution in [0.5, 0.6) is 0 Å². The van der Waals surface area contributed by atoms with Gasteiger partial charge in [-0.2, -0.15) is 5.10 Å². The van der Waals surface area contributed by atoms with E-state index in [0.29, 0.717) is 19.3 Å². The minimum absolute atomic E-state index is 0.123. The fourth-order valence-electron chi connectivity index (χ4n) is 2.88. The molecule has 1 saturated carbocycles. The minimum Gasteiger partial charge on any atom is -0.481 e. The number of carboxylic acid groups (broad SMARTS) is 1. The minimum atomic E-state index is -0.856. The second-order valence-corrected chi connectivity index (χ2v) is 5.79. The number of nitrogens with one attached hydrogen (secondary N) is 1. The average molecular weight is 295 g/mol. The Morgan fingerprint density at radius 1 is 1.29 bits per heavy atom. The van der Waals surface area contributed by atoms with Gasteiger partial charge >= 0.3 is 5.97 Å². The summed E-state index contributed by atoms with van der Waals surface area (Å²) in [5.74, 6) is -1.35. The second-order valence-electron chi connectivity index (χ2n) is 5.79. The molecule has 7 nitrogen and oxygen atoms in total. The van der Waals surface area contributed by atoms with Gasteiger partial charge in [-0.25, -0.2) is 5.01 Å². The number of carbonyl (C=O) groups excluding carboxylic acids is 2. The fraction of sp³-hybridized carbons (Fsp3) is 0.714. The van der Waals surface area contributed by atoms with Gasteiger partial charge in [-0.15, -0.1) is 0 Å². The molecule has 0 saturated heterocycles. The van der Waals surface area contributed by atoms with Gasteiger partial charge < -0.3 is 10.4 Å². The van der Waals surface area contributed by atoms with Crippen LogP contribution in [0.15, 0.2) is 5.10 Å². The Hall–Kier alpha value is -1.92. The van der Waals surface area contributed by atoms with E-state index in [9.17, 15) is 19.5 Å². The summed E-state index contributed by atoms with van der Waals surface area (Å²) < 4.78 is 0. The molecular weight excluding hydrogens is 274 g/mol. The Labute approximate surface area is 123 Å². The van der Waals surface area contributed by atoms with Crippen molar-refractivity contribution in [3.63, 3.8) is 0 Å². The molecule has 116 valence electrons. The summed E-state index contributed by atoms with van der Waals surface area (Å²) in [5, 5.41) is 17.2. The fourth-order valence-corrected chi connectivity index (χ4v) is 2.88. The Kier molecular flexibility index (Phi) is 4.59. The van der Waals surface area contributed by atoms with Crippen molar-refractivity contribution in [1.29, 1.82) is 0 Å². The van der Waals surface area contributed by atoms with Gasteiger partial charge in [-0.3, -0.25) is 14.4 Å². The summed E-state index contributed by atoms with van der Waals surface area (Å²) in [6.45, 7) is 0.123. The van der Waals surface area contributed by atoms with Crippen molar-refractivity contribution >= 4 is 23.5 Å². The number of carboxylic acids is 1. The third-order valence-corrected chi connectivity index (χ3v) is 4.32. The SMILES string of the molecule is CN1N=C(C(=O)NCC2(C(=O)O)CCCCC2)CCC1=O. The van der Waals surface area contributed by atoms with Crippen LogP contribution in [-0.4, -0.2) is 47.2 Å². The number of aliphatic carboxylic acids is 1. The highest BCUT2D eigenvalue weighted by Gasteiger charge is 2.40. The summed E-state index contributed by atoms with van der Waals surface area (Å²) in [6, 6.07) is 0. The Morgan fingerprint density at radius 2 is 1.95 bits per heavy atom. The van der Waals surface area contributed by atoms with Gasteiger partial charge in [0.1, 0.15) is 5.71 Å². The number of hydrogen-bond acceptors (Lipinski definition) is 4. The van der Waals surface area contributed by atoms with Gasteiger partial charge in [0, 0.05) is 26.4 Å². The summed E-state index contributed by atoms with van der Waals surface area (Å²) >= 11 is 0. The van der Waals surface area contributed by atoms with Gasteiger partial charge in [0.25, 0.3) is 5.91 Å². The highest BCUT2D eigenvalue weighted by molar-refractivity contribution is 6.39. The number of rotatable bonds is 4. The van der Waals surface area contributed by atoms with Crippen molar-refractivity contribution < 1.29 is 19.5 Å². The predicted octanol–water partition coefficient (Wildman–Crippen LogP) is 0.746. The molecule has 2 N–H and O–H groups in total. The van der Waals surface area contributed by atoms with Crippen molar-refractivity contribution in [1.82, 2.24) is 10.3 Å². The molecule has 0 aromatic heterocycles. The largest absolute Gasteiger partial charge is 0.481 e. The lowest BCUT2D eigenvalue weighted by molar-refractivity contribution is -0.150. The van der Waals surface area contributed by atoms with Crippen LogP contribution in [0.25, 0.3) is 0 Å². The number of hydrogen-bond donors (Lipinski definition) is 2. The summed E-state index contributed by atoms with van der Waals surface area (Å²) in [4.78, 5) is 34.9. The molecule has 1 aliphatic carbocycles. The summed E-state index contributed by atoms with van der Waals surface area (Å²) in [5.41, 5.74) is -0.571. The van der Waals surface area contributed by atoms with Crippen molar-refractivity contribution in [3.8, 4) is 0 Å². The van der Waals surface area contributed by atoms with E-state index in [-0.39, 0.29) is 30.5 Å². The number of hydrazone groups is 1. The molecule has 0 unspecified atom stereocenters. The maximum absolute atomic E-state index is 12.1. The number of nitrogens with zero attached hydrogens (tertiary/aromatic N) is 2. The maximum atomic E-state index is 12.1. The van der Waals surface area contributed by atoms with E-state index in [1.165, 1.54) is 7.05 Å². The molecule has 0 aromatic carbocycles. The second kappa shape index (κ2) is 6.24. The molecule has 1 heterocycles. The third kappa shape index (κ3) is 3.40. The normalized spacial score (nSPS) is 21.7. The number of amides is 2. The van der Waals surface area contributed by atoms with Crippen molar-refractivity contribution in [2.45, 2.75) is 44.9 Å². The van der Waals surface area contributed by atoms with Crippen molar-refractivity contribution in [2.24, 2.45) is 10.5 Å². The lowest BCUT2D eigenvalue weighted by Gasteiger charge is -2.33. The average Bonchev–Trinajstić information content (AvgIpc) is 2.48. The molecule has 0 radical (unpaired) electrons. The first-order valence-corrected chi connectivity index (χ1v) is 7.30. The first-order valence-electron chi connectivity index (χ1n) is 7.30. The Bertz CT molecular complexity index is 481. The summed E-state index contributed by atoms with van der Waals surface area (Å²) in [7, 11) is 1.51. The van der Waals surface area contributed by atoms with Gasteiger partial charge in [0.15, 0.2) is 0 Å². The first-order chi connectivity index (χ1) is 9.94. The van der Waals surface area contributed by atoms with E-state index >= 15 is 0 Å². The number of carbonyl (C=O) groups is 3. The zero-order valence-corrected chi connectivity index (χ0v) is 12.2. The lowest BCUT2D eigenvalue weighted by Crippen LogP contribution is -2.47. The van der Waals surface area contributed by atoms with E-state index in [0.717, 1.165) is 24.3 Å². The zero-order chi connectivity index (χ0) is 15.5. The highest BCUT2D eigenvalue weighted by atomic mass is 16.4. The standard InChI is InChI=1S/C14H21N3O4/c1-17-11(18)6-5-10(16-17)12(19)15-9-14(13(20)21)7-3-2-4-8-14/h2-9H2,1H3,(H,15,19)(H,20,21). The van der Waals surface area contributed by atoms with E-state index in [1.54, 1.807) is 0 Å². The van der Waals surface area contributed by atoms with Crippen LogP contribution in [0.1, 0.15) is 44.9 Å². The van der Waals surface area contributed by atoms with Gasteiger partial charge in [-0.05, 0) is 12.8 Å². The van der Waals surface area contributed by atoms with Crippen LogP contribution in [0, 0.1) is 5.41 Å². The first kappa shape index (κ1) is 15.5. The highest BCUT2D eigenvalue weighted by Crippen LogP contribution is 2.36. The van der Waals surface area contributed by atoms with Crippen LogP contribution in [-0.2, 0) is 14.4 Å². The molecule has 1 aliphatic heterocycles. The van der Waals surface area contributed by atoms with Crippen LogP contribution >= 0.6 is 0 Å². The summed E-state index contributed by atoms with van der Waals surface area (Å²) in [6.07, 6.45) is 4.53. The predicted molar refractivity (Wildman–Crippen MR) is 75.6 cm³/mol. The quantitative estimate of drug-likeness (QED) is 0.799. The third-order valence-electron chi connectivity index (χ3n) is 4.32. The van der Waals surface area contributed by atoms with Crippen molar-refractivity contribution in [2.75, 3.05) is 13.6 Å². The van der Waals surface area contributed by atoms with Crippen LogP contribution in [0.4, 0.5) is 0 Å². The molecule has 0 bridgehead atoms. The van der Waals surface area contributed by atoms with E-state index in [4.69, 9.17) is 0 Å². The topological polar surface area (TPSA) is 99.1 Å². The van der Waals surface area contributed by atoms with Gasteiger partial charge in [0.2, 0.25) is 5.91 Å². The maximum Gasteiger partial charge on any atom is 0.311 e. The van der Waals surface area contributed by atoms with Crippen LogP contribution in [0.2, 0.25) is 0 Å². The molecule has 2 amide bonds. The van der Waals surface area contributed by atoms with E-state index in [1.807, 2.05) is 0 Å². The molecule has 0 aromatic rings. The molecule has 21 heavy (non-hydrogen) atoms. The zero-order valence-electron chi connectivity index (χ0n) is 12.2. The smallest absolute Gasteiger partial charge is 0.311 e. The lowest BCUT2D eigenvalue weighted by atomic mass is 9.74. The van der Waals surface area contributed by atoms with E-state index < -0.39 is 11.4 Å². The molecule has 2 aliphatic rings. The molecule has 0 atom stereocenters. The monoisotopic (exact) mass is 295 g/mol. The van der Waals surface area contributed by atoms with E-state index in [2.05, 4.69) is 10.4 Å². The molecule has 7 heteroatoms. The van der Waals surface area contributed by atoms with Crippen LogP contribution < -0.4 is 5.32 Å². The Morgan fingerprint density at radius 3 is 2.52 bits per heavy atom. The van der Waals surface area contributed by atoms with Crippen LogP contribution in [0.3, 0.4) is 0 Å². The van der Waals surface area contributed by atoms with Crippen molar-refractivity contribution in [3.05, 3.63) is 0 Å². The molecule has 1 fully saturated rings. The van der Waals surface area contributed by atoms with Gasteiger partial charge in [-0.1, -0.05) is 19.3 Å². The van der Waals surface area contributed by atoms with Gasteiger partial charge in [0.05, 0.1) is 5.41 Å². The molecule has 2 rings (SSSR count). The molecular formula is C14H21N3O4. The molecule has 0 spiro atoms. The Balaban J connectivity index is 1.98.